The summed E-state index contributed by atoms with van der Waals surface area (Å²) in [7, 11) is 0. The van der Waals surface area contributed by atoms with E-state index in [1.54, 1.807) is 0 Å². The Hall–Kier alpha value is -5.84. The number of rotatable bonds is 2. The molecule has 0 N–H and O–H groups in total. The van der Waals surface area contributed by atoms with Gasteiger partial charge < -0.3 is 13.6 Å². The van der Waals surface area contributed by atoms with Gasteiger partial charge in [-0.1, -0.05) is 91.0 Å². The van der Waals surface area contributed by atoms with E-state index in [4.69, 9.17) is 4.42 Å². The summed E-state index contributed by atoms with van der Waals surface area (Å²) < 4.78 is 13.8. The van der Waals surface area contributed by atoms with Crippen molar-refractivity contribution in [3.05, 3.63) is 146 Å². The molecule has 3 nitrogen and oxygen atoms in total. The van der Waals surface area contributed by atoms with Gasteiger partial charge in [-0.15, -0.1) is 11.3 Å². The Morgan fingerprint density at radius 2 is 1.11 bits per heavy atom. The maximum atomic E-state index is 6.26. The molecular weight excluding hydrogens is 581 g/mol. The van der Waals surface area contributed by atoms with Gasteiger partial charge in [0.2, 0.25) is 0 Å². The number of para-hydroxylation sites is 4. The first-order valence-electron chi connectivity index (χ1n) is 15.6. The minimum atomic E-state index is 0.903. The summed E-state index contributed by atoms with van der Waals surface area (Å²) in [6.45, 7) is 0. The van der Waals surface area contributed by atoms with Crippen LogP contribution in [0.1, 0.15) is 0 Å². The van der Waals surface area contributed by atoms with Crippen molar-refractivity contribution in [3.8, 4) is 11.4 Å². The molecule has 0 saturated carbocycles. The second-order valence-corrected chi connectivity index (χ2v) is 13.1. The monoisotopic (exact) mass is 604 g/mol. The molecule has 0 amide bonds. The van der Waals surface area contributed by atoms with Gasteiger partial charge in [0.05, 0.1) is 27.8 Å². The van der Waals surface area contributed by atoms with Gasteiger partial charge in [0.1, 0.15) is 11.2 Å². The first kappa shape index (κ1) is 24.5. The zero-order valence-electron chi connectivity index (χ0n) is 24.6. The Morgan fingerprint density at radius 1 is 0.435 bits per heavy atom. The van der Waals surface area contributed by atoms with Crippen LogP contribution in [-0.2, 0) is 0 Å². The highest BCUT2D eigenvalue weighted by atomic mass is 32.1. The van der Waals surface area contributed by atoms with Crippen molar-refractivity contribution < 1.29 is 4.42 Å². The van der Waals surface area contributed by atoms with Crippen molar-refractivity contribution >= 4 is 97.1 Å². The third kappa shape index (κ3) is 3.11. The maximum Gasteiger partial charge on any atom is 0.135 e. The topological polar surface area (TPSA) is 23.0 Å². The molecule has 0 saturated heterocycles. The molecule has 46 heavy (non-hydrogen) atoms. The zero-order chi connectivity index (χ0) is 29.9. The molecule has 0 bridgehead atoms. The lowest BCUT2D eigenvalue weighted by Gasteiger charge is -2.14. The van der Waals surface area contributed by atoms with Gasteiger partial charge in [0, 0.05) is 58.2 Å². The summed E-state index contributed by atoms with van der Waals surface area (Å²) in [5, 5.41) is 9.96. The van der Waals surface area contributed by atoms with Crippen molar-refractivity contribution in [2.75, 3.05) is 0 Å². The third-order valence-corrected chi connectivity index (χ3v) is 10.9. The highest BCUT2D eigenvalue weighted by molar-refractivity contribution is 7.26. The molecule has 11 aromatic rings. The van der Waals surface area contributed by atoms with Crippen LogP contribution in [0.5, 0.6) is 0 Å². The van der Waals surface area contributed by atoms with Crippen LogP contribution < -0.4 is 0 Å². The van der Waals surface area contributed by atoms with Crippen LogP contribution >= 0.6 is 11.3 Å². The molecule has 0 aliphatic rings. The quantitative estimate of drug-likeness (QED) is 0.192. The number of benzene rings is 7. The van der Waals surface area contributed by atoms with Gasteiger partial charge in [-0.2, -0.15) is 0 Å². The SMILES string of the molecule is c1ccc2c(c1)oc1ccc(-n3c4ccc5c6ccccc6sc5c4c4cccc(-n5c6ccccc6c6ccccc65)c43)cc12. The zero-order valence-corrected chi connectivity index (χ0v) is 25.4. The van der Waals surface area contributed by atoms with Crippen LogP contribution in [0.3, 0.4) is 0 Å². The summed E-state index contributed by atoms with van der Waals surface area (Å²) in [5.74, 6) is 0. The Balaban J connectivity index is 1.36. The second-order valence-electron chi connectivity index (χ2n) is 12.1. The van der Waals surface area contributed by atoms with E-state index in [0.29, 0.717) is 0 Å². The van der Waals surface area contributed by atoms with Crippen LogP contribution in [0.4, 0.5) is 0 Å². The normalized spacial score (nSPS) is 12.3. The van der Waals surface area contributed by atoms with Crippen LogP contribution in [0, 0.1) is 0 Å². The van der Waals surface area contributed by atoms with Crippen molar-refractivity contribution in [1.29, 1.82) is 0 Å². The molecule has 0 aliphatic heterocycles. The summed E-state index contributed by atoms with van der Waals surface area (Å²) in [5.41, 5.74) is 8.91. The summed E-state index contributed by atoms with van der Waals surface area (Å²) in [6, 6.07) is 52.7. The minimum absolute atomic E-state index is 0.903. The van der Waals surface area contributed by atoms with Crippen molar-refractivity contribution in [2.45, 2.75) is 0 Å². The molecule has 7 aromatic carbocycles. The third-order valence-electron chi connectivity index (χ3n) is 9.71. The van der Waals surface area contributed by atoms with Gasteiger partial charge in [0.25, 0.3) is 0 Å². The van der Waals surface area contributed by atoms with E-state index in [-0.39, 0.29) is 0 Å². The predicted molar refractivity (Wildman–Crippen MR) is 195 cm³/mol. The highest BCUT2D eigenvalue weighted by Gasteiger charge is 2.22. The molecule has 214 valence electrons. The number of furan rings is 1. The molecule has 0 fully saturated rings. The Morgan fingerprint density at radius 3 is 1.93 bits per heavy atom. The lowest BCUT2D eigenvalue weighted by Crippen LogP contribution is -2.00. The van der Waals surface area contributed by atoms with E-state index >= 15 is 0 Å². The molecule has 0 spiro atoms. The van der Waals surface area contributed by atoms with Crippen molar-refractivity contribution in [1.82, 2.24) is 9.13 Å². The number of hydrogen-bond acceptors (Lipinski definition) is 2. The number of hydrogen-bond donors (Lipinski definition) is 0. The van der Waals surface area contributed by atoms with Gasteiger partial charge in [-0.25, -0.2) is 0 Å². The molecule has 11 rings (SSSR count). The number of thiophene rings is 1. The van der Waals surface area contributed by atoms with Crippen molar-refractivity contribution in [2.24, 2.45) is 0 Å². The Labute approximate surface area is 266 Å². The number of aromatic nitrogens is 2. The Bertz CT molecular complexity index is 2990. The fraction of sp³-hybridized carbons (Fsp3) is 0. The van der Waals surface area contributed by atoms with Crippen LogP contribution in [0.25, 0.3) is 97.1 Å². The molecule has 0 unspecified atom stereocenters. The second kappa shape index (κ2) is 8.87. The van der Waals surface area contributed by atoms with Gasteiger partial charge in [-0.3, -0.25) is 0 Å². The first-order chi connectivity index (χ1) is 22.8. The molecule has 4 heterocycles. The standard InChI is InChI=1S/C42H24N2OS/c1-5-15-33-26(10-1)27-11-2-6-16-34(27)44(33)36-17-9-14-31-40-35(22-21-30-29-13-4-8-19-39(29)46-42(30)40)43(41(31)36)25-20-23-38-32(24-25)28-12-3-7-18-37(28)45-38/h1-24H. The van der Waals surface area contributed by atoms with Crippen LogP contribution in [0.15, 0.2) is 150 Å². The minimum Gasteiger partial charge on any atom is -0.456 e. The summed E-state index contributed by atoms with van der Waals surface area (Å²) >= 11 is 1.89. The molecule has 4 heteroatoms. The fourth-order valence-electron chi connectivity index (χ4n) is 7.80. The molecule has 0 aliphatic carbocycles. The lowest BCUT2D eigenvalue weighted by molar-refractivity contribution is 0.669. The average molecular weight is 605 g/mol. The van der Waals surface area contributed by atoms with Gasteiger partial charge >= 0.3 is 0 Å². The van der Waals surface area contributed by atoms with Gasteiger partial charge in [0.15, 0.2) is 0 Å². The molecule has 0 atom stereocenters. The van der Waals surface area contributed by atoms with Crippen LogP contribution in [0.2, 0.25) is 0 Å². The van der Waals surface area contributed by atoms with Gasteiger partial charge in [-0.05, 0) is 54.6 Å². The van der Waals surface area contributed by atoms with Crippen LogP contribution in [-0.4, -0.2) is 9.13 Å². The molecule has 0 radical (unpaired) electrons. The summed E-state index contributed by atoms with van der Waals surface area (Å²) in [6.07, 6.45) is 0. The fourth-order valence-corrected chi connectivity index (χ4v) is 9.06. The predicted octanol–water partition coefficient (Wildman–Crippen LogP) is 12.1. The number of fused-ring (bicyclic) bond motifs is 13. The van der Waals surface area contributed by atoms with E-state index in [1.807, 2.05) is 23.5 Å². The smallest absolute Gasteiger partial charge is 0.135 e. The Kier molecular flexibility index (Phi) is 4.72. The van der Waals surface area contributed by atoms with E-state index < -0.39 is 0 Å². The van der Waals surface area contributed by atoms with E-state index in [9.17, 15) is 0 Å². The maximum absolute atomic E-state index is 6.26. The average Bonchev–Trinajstić information content (AvgIpc) is 3.85. The van der Waals surface area contributed by atoms with E-state index in [0.717, 1.165) is 33.3 Å². The van der Waals surface area contributed by atoms with E-state index in [1.165, 1.54) is 63.8 Å². The highest BCUT2D eigenvalue weighted by Crippen LogP contribution is 2.46. The van der Waals surface area contributed by atoms with Crippen molar-refractivity contribution in [3.63, 3.8) is 0 Å². The lowest BCUT2D eigenvalue weighted by atomic mass is 10.1. The molecule has 4 aromatic heterocycles. The number of nitrogens with zero attached hydrogens (tertiary/aromatic N) is 2. The largest absolute Gasteiger partial charge is 0.456 e. The first-order valence-corrected chi connectivity index (χ1v) is 16.4. The van der Waals surface area contributed by atoms with E-state index in [2.05, 4.69) is 143 Å². The summed E-state index contributed by atoms with van der Waals surface area (Å²) in [4.78, 5) is 0. The molecular formula is C42H24N2OS.